The van der Waals surface area contributed by atoms with Gasteiger partial charge >= 0.3 is 31.7 Å². The first-order chi connectivity index (χ1) is 23.5. The number of morpholine rings is 1. The first-order valence-electron chi connectivity index (χ1n) is 16.9. The Morgan fingerprint density at radius 2 is 1.80 bits per heavy atom. The van der Waals surface area contributed by atoms with Crippen LogP contribution in [0.2, 0.25) is 0 Å². The molecular formula is C32H50N5O11P. The molecule has 0 aliphatic carbocycles. The Bertz CT molecular complexity index is 1280. The average Bonchev–Trinajstić information content (AvgIpc) is 3.64. The van der Waals surface area contributed by atoms with E-state index in [0.29, 0.717) is 65.0 Å². The third-order valence-electron chi connectivity index (χ3n) is 8.04. The molecule has 17 heteroatoms. The van der Waals surface area contributed by atoms with Crippen molar-refractivity contribution in [2.75, 3.05) is 39.4 Å². The molecule has 0 radical (unpaired) electrons. The topological polar surface area (TPSA) is 211 Å². The predicted octanol–water partition coefficient (Wildman–Crippen LogP) is 2.54. The zero-order chi connectivity index (χ0) is 35.6. The van der Waals surface area contributed by atoms with Gasteiger partial charge in [-0.1, -0.05) is 50.1 Å². The van der Waals surface area contributed by atoms with Crippen LogP contribution in [0.3, 0.4) is 0 Å². The highest BCUT2D eigenvalue weighted by atomic mass is 31.2. The zero-order valence-electron chi connectivity index (χ0n) is 28.2. The van der Waals surface area contributed by atoms with E-state index in [9.17, 15) is 33.4 Å². The second-order valence-electron chi connectivity index (χ2n) is 12.0. The summed E-state index contributed by atoms with van der Waals surface area (Å²) in [6, 6.07) is 7.01. The molecule has 0 bridgehead atoms. The minimum absolute atomic E-state index is 0.0435. The van der Waals surface area contributed by atoms with Crippen molar-refractivity contribution in [1.82, 2.24) is 26.2 Å². The smallest absolute Gasteiger partial charge is 0.407 e. The van der Waals surface area contributed by atoms with Gasteiger partial charge in [0.25, 0.3) is 0 Å². The highest BCUT2D eigenvalue weighted by molar-refractivity contribution is 7.53. The van der Waals surface area contributed by atoms with Crippen LogP contribution >= 0.6 is 7.60 Å². The number of unbranched alkanes of at least 4 members (excludes halogenated alkanes) is 2. The van der Waals surface area contributed by atoms with Gasteiger partial charge in [0, 0.05) is 19.6 Å². The number of hydrogen-bond acceptors (Lipinski definition) is 11. The summed E-state index contributed by atoms with van der Waals surface area (Å²) in [6.07, 6.45) is 1.21. The second kappa shape index (κ2) is 20.8. The van der Waals surface area contributed by atoms with Crippen LogP contribution < -0.4 is 21.3 Å². The minimum Gasteiger partial charge on any atom is -0.445 e. The Morgan fingerprint density at radius 3 is 2.47 bits per heavy atom. The van der Waals surface area contributed by atoms with E-state index in [2.05, 4.69) is 21.3 Å². The van der Waals surface area contributed by atoms with E-state index in [1.165, 1.54) is 11.8 Å². The normalized spacial score (nSPS) is 19.1. The number of hydrogen-bond donors (Lipinski definition) is 5. The van der Waals surface area contributed by atoms with Gasteiger partial charge in [0.05, 0.1) is 13.2 Å². The maximum Gasteiger partial charge on any atom is 0.407 e. The van der Waals surface area contributed by atoms with Gasteiger partial charge in [-0.15, -0.1) is 0 Å². The van der Waals surface area contributed by atoms with Crippen molar-refractivity contribution >= 4 is 37.6 Å². The second-order valence-corrected chi connectivity index (χ2v) is 13.9. The molecule has 2 aliphatic rings. The van der Waals surface area contributed by atoms with E-state index in [-0.39, 0.29) is 26.0 Å². The lowest BCUT2D eigenvalue weighted by atomic mass is 10.1. The quantitative estimate of drug-likeness (QED) is 0.0644. The highest BCUT2D eigenvalue weighted by Crippen LogP contribution is 2.49. The number of benzene rings is 1. The van der Waals surface area contributed by atoms with Gasteiger partial charge in [0.1, 0.15) is 24.5 Å². The minimum atomic E-state index is -4.70. The van der Waals surface area contributed by atoms with E-state index in [4.69, 9.17) is 18.7 Å². The van der Waals surface area contributed by atoms with Crippen molar-refractivity contribution in [2.45, 2.75) is 95.8 Å². The van der Waals surface area contributed by atoms with Crippen LogP contribution in [0.25, 0.3) is 0 Å². The Balaban J connectivity index is 1.58. The van der Waals surface area contributed by atoms with Gasteiger partial charge in [-0.05, 0) is 57.6 Å². The van der Waals surface area contributed by atoms with Crippen molar-refractivity contribution in [1.29, 1.82) is 0 Å². The molecule has 0 saturated carbocycles. The summed E-state index contributed by atoms with van der Waals surface area (Å²) in [5.41, 5.74) is 0.846. The van der Waals surface area contributed by atoms with E-state index in [0.717, 1.165) is 12.0 Å². The molecule has 0 spiro atoms. The fourth-order valence-electron chi connectivity index (χ4n) is 5.17. The number of carbonyl (C=O) groups excluding carboxylic acids is 5. The lowest BCUT2D eigenvalue weighted by Gasteiger charge is -2.30. The van der Waals surface area contributed by atoms with Gasteiger partial charge in [-0.3, -0.25) is 13.9 Å². The maximum absolute atomic E-state index is 13.6. The Kier molecular flexibility index (Phi) is 17.0. The standard InChI is InChI=1S/C32H50N5O11P/c1-3-4-15-27(49(43,44)48-23(2)29(39)47-30(40)26-14-10-17-33-26)36-28(38)25(35-31(41)37-18-20-45-21-19-37)13-8-9-16-34-32(42)46-22-24-11-6-5-7-12-24/h5-7,11-12,23,25-27,33H,3-4,8-10,13-22H2,1-2H3,(H,34,42)(H,35,41)(H,36,38)(H,43,44)/t23?,25?,26-,27?/m0/s1. The maximum atomic E-state index is 13.6. The van der Waals surface area contributed by atoms with Crippen molar-refractivity contribution in [2.24, 2.45) is 0 Å². The number of nitrogens with one attached hydrogen (secondary N) is 4. The van der Waals surface area contributed by atoms with Crippen molar-refractivity contribution in [3.8, 4) is 0 Å². The predicted molar refractivity (Wildman–Crippen MR) is 177 cm³/mol. The largest absolute Gasteiger partial charge is 0.445 e. The number of ether oxygens (including phenoxy) is 3. The lowest BCUT2D eigenvalue weighted by molar-refractivity contribution is -0.165. The Labute approximate surface area is 286 Å². The first-order valence-corrected chi connectivity index (χ1v) is 18.5. The lowest BCUT2D eigenvalue weighted by Crippen LogP contribution is -2.54. The molecule has 4 amide bonds. The average molecular weight is 712 g/mol. The molecule has 16 nitrogen and oxygen atoms in total. The highest BCUT2D eigenvalue weighted by Gasteiger charge is 2.39. The van der Waals surface area contributed by atoms with E-state index in [1.54, 1.807) is 0 Å². The third kappa shape index (κ3) is 14.1. The molecule has 2 heterocycles. The fraction of sp³-hybridized carbons (Fsp3) is 0.656. The Hall–Kier alpha value is -3.56. The van der Waals surface area contributed by atoms with E-state index in [1.807, 2.05) is 37.3 Å². The van der Waals surface area contributed by atoms with Gasteiger partial charge in [0.15, 0.2) is 6.10 Å². The molecule has 3 rings (SSSR count). The molecule has 5 atom stereocenters. The van der Waals surface area contributed by atoms with Crippen molar-refractivity contribution in [3.05, 3.63) is 35.9 Å². The summed E-state index contributed by atoms with van der Waals surface area (Å²) < 4.78 is 34.1. The van der Waals surface area contributed by atoms with Gasteiger partial charge in [-0.2, -0.15) is 0 Å². The summed E-state index contributed by atoms with van der Waals surface area (Å²) in [7, 11) is -4.70. The number of alkyl carbamates (subject to hydrolysis) is 1. The SMILES string of the molecule is CCCCC(NC(=O)C(CCCCNC(=O)OCc1ccccc1)NC(=O)N1CCOCC1)P(=O)(O)OC(C)C(=O)OC(=O)[C@@H]1CCCN1. The van der Waals surface area contributed by atoms with E-state index < -0.39 is 61.5 Å². The number of urea groups is 1. The number of rotatable bonds is 18. The third-order valence-corrected chi connectivity index (χ3v) is 9.83. The van der Waals surface area contributed by atoms with Crippen LogP contribution in [-0.2, 0) is 44.3 Å². The van der Waals surface area contributed by atoms with Gasteiger partial charge < -0.3 is 45.3 Å². The van der Waals surface area contributed by atoms with Crippen LogP contribution in [0.1, 0.15) is 70.8 Å². The molecule has 2 saturated heterocycles. The summed E-state index contributed by atoms with van der Waals surface area (Å²) in [5.74, 6) is -4.04. The van der Waals surface area contributed by atoms with E-state index >= 15 is 0 Å². The van der Waals surface area contributed by atoms with Gasteiger partial charge in [-0.25, -0.2) is 19.2 Å². The zero-order valence-corrected chi connectivity index (χ0v) is 29.1. The van der Waals surface area contributed by atoms with Crippen LogP contribution in [-0.4, -0.2) is 103 Å². The molecule has 1 aromatic rings. The van der Waals surface area contributed by atoms with Crippen molar-refractivity contribution < 1.29 is 52.2 Å². The van der Waals surface area contributed by atoms with Crippen LogP contribution in [0.15, 0.2) is 30.3 Å². The van der Waals surface area contributed by atoms with Crippen LogP contribution in [0.4, 0.5) is 9.59 Å². The monoisotopic (exact) mass is 711 g/mol. The number of esters is 2. The molecular weight excluding hydrogens is 661 g/mol. The number of carbonyl (C=O) groups is 5. The summed E-state index contributed by atoms with van der Waals surface area (Å²) >= 11 is 0. The summed E-state index contributed by atoms with van der Waals surface area (Å²) in [4.78, 5) is 76.0. The molecule has 2 fully saturated rings. The Morgan fingerprint density at radius 1 is 1.06 bits per heavy atom. The number of amides is 4. The number of nitrogens with zero attached hydrogens (tertiary/aromatic N) is 1. The van der Waals surface area contributed by atoms with Crippen molar-refractivity contribution in [3.63, 3.8) is 0 Å². The first kappa shape index (κ1) is 39.9. The molecule has 4 unspecified atom stereocenters. The molecule has 49 heavy (non-hydrogen) atoms. The molecule has 274 valence electrons. The summed E-state index contributed by atoms with van der Waals surface area (Å²) in [5, 5.41) is 10.9. The van der Waals surface area contributed by atoms with Crippen LogP contribution in [0.5, 0.6) is 0 Å². The molecule has 5 N–H and O–H groups in total. The molecule has 1 aromatic carbocycles. The molecule has 0 aromatic heterocycles. The van der Waals surface area contributed by atoms with Gasteiger partial charge in [0.2, 0.25) is 5.91 Å². The van der Waals surface area contributed by atoms with Crippen LogP contribution in [0, 0.1) is 0 Å². The molecule has 2 aliphatic heterocycles. The summed E-state index contributed by atoms with van der Waals surface area (Å²) in [6.45, 7) is 5.41. The fourth-order valence-corrected chi connectivity index (χ4v) is 6.66.